The second-order valence-corrected chi connectivity index (χ2v) is 4.42. The maximum Gasteiger partial charge on any atom is 0.146 e. The molecule has 1 heterocycles. The van der Waals surface area contributed by atoms with Gasteiger partial charge in [0.2, 0.25) is 0 Å². The Morgan fingerprint density at radius 3 is 2.68 bits per heavy atom. The van der Waals surface area contributed by atoms with Crippen LogP contribution in [0.15, 0.2) is 24.3 Å². The molecule has 19 heavy (non-hydrogen) atoms. The van der Waals surface area contributed by atoms with Crippen LogP contribution in [0.3, 0.4) is 0 Å². The number of nitrogens with one attached hydrogen (secondary N) is 1. The molecule has 0 fully saturated rings. The van der Waals surface area contributed by atoms with E-state index in [2.05, 4.69) is 41.3 Å². The molecule has 2 aromatic rings. The van der Waals surface area contributed by atoms with Crippen molar-refractivity contribution >= 4 is 11.5 Å². The summed E-state index contributed by atoms with van der Waals surface area (Å²) in [4.78, 5) is 8.31. The Bertz CT molecular complexity index is 641. The van der Waals surface area contributed by atoms with Crippen LogP contribution >= 0.6 is 0 Å². The minimum atomic E-state index is 0.373. The average Bonchev–Trinajstić information content (AvgIpc) is 2.40. The Morgan fingerprint density at radius 2 is 2.00 bits per heavy atom. The van der Waals surface area contributed by atoms with E-state index in [-0.39, 0.29) is 0 Å². The molecule has 4 heteroatoms. The zero-order chi connectivity index (χ0) is 13.8. The summed E-state index contributed by atoms with van der Waals surface area (Å²) in [5, 5.41) is 12.1. The second kappa shape index (κ2) is 5.49. The molecule has 0 aliphatic carbocycles. The van der Waals surface area contributed by atoms with Crippen LogP contribution in [0.4, 0.5) is 11.5 Å². The number of anilines is 2. The first-order valence-electron chi connectivity index (χ1n) is 6.24. The lowest BCUT2D eigenvalue weighted by atomic mass is 10.1. The number of hydrogen-bond donors (Lipinski definition) is 1. The Labute approximate surface area is 113 Å². The highest BCUT2D eigenvalue weighted by atomic mass is 15.0. The zero-order valence-corrected chi connectivity index (χ0v) is 11.4. The molecule has 0 saturated carbocycles. The minimum absolute atomic E-state index is 0.373. The summed E-state index contributed by atoms with van der Waals surface area (Å²) in [5.41, 5.74) is 3.93. The van der Waals surface area contributed by atoms with Crippen molar-refractivity contribution in [1.82, 2.24) is 9.97 Å². The van der Waals surface area contributed by atoms with Crippen LogP contribution in [0.25, 0.3) is 0 Å². The average molecular weight is 252 g/mol. The van der Waals surface area contributed by atoms with Crippen molar-refractivity contribution in [2.45, 2.75) is 27.2 Å². The van der Waals surface area contributed by atoms with Crippen molar-refractivity contribution in [3.8, 4) is 6.07 Å². The summed E-state index contributed by atoms with van der Waals surface area (Å²) in [6.45, 7) is 6.01. The molecule has 1 aromatic heterocycles. The van der Waals surface area contributed by atoms with Crippen LogP contribution in [0.2, 0.25) is 0 Å². The van der Waals surface area contributed by atoms with Crippen molar-refractivity contribution < 1.29 is 0 Å². The van der Waals surface area contributed by atoms with E-state index in [1.165, 1.54) is 11.1 Å². The molecule has 1 N–H and O–H groups in total. The number of benzene rings is 1. The normalized spacial score (nSPS) is 10.0. The smallest absolute Gasteiger partial charge is 0.146 e. The Morgan fingerprint density at radius 1 is 1.21 bits per heavy atom. The van der Waals surface area contributed by atoms with Crippen molar-refractivity contribution in [1.29, 1.82) is 5.26 Å². The maximum absolute atomic E-state index is 8.90. The van der Waals surface area contributed by atoms with E-state index in [0.29, 0.717) is 17.3 Å². The van der Waals surface area contributed by atoms with Gasteiger partial charge < -0.3 is 5.32 Å². The van der Waals surface area contributed by atoms with Gasteiger partial charge in [0.25, 0.3) is 0 Å². The summed E-state index contributed by atoms with van der Waals surface area (Å²) in [7, 11) is 0. The van der Waals surface area contributed by atoms with Gasteiger partial charge in [-0.05, 0) is 43.5 Å². The number of aromatic nitrogens is 2. The van der Waals surface area contributed by atoms with E-state index in [4.69, 9.17) is 5.26 Å². The Kier molecular flexibility index (Phi) is 3.76. The molecule has 0 aliphatic heterocycles. The fraction of sp³-hybridized carbons (Fsp3) is 0.267. The quantitative estimate of drug-likeness (QED) is 0.910. The SMILES string of the molecule is CCc1cc(Nc2cc(C#N)nc(C)n2)ccc1C. The summed E-state index contributed by atoms with van der Waals surface area (Å²) in [5.74, 6) is 1.24. The van der Waals surface area contributed by atoms with E-state index in [1.54, 1.807) is 13.0 Å². The highest BCUT2D eigenvalue weighted by molar-refractivity contribution is 5.59. The molecule has 0 spiro atoms. The molecule has 0 amide bonds. The lowest BCUT2D eigenvalue weighted by molar-refractivity contribution is 1.04. The minimum Gasteiger partial charge on any atom is -0.340 e. The molecule has 0 saturated heterocycles. The molecule has 4 nitrogen and oxygen atoms in total. The van der Waals surface area contributed by atoms with Crippen LogP contribution in [0.1, 0.15) is 29.6 Å². The number of nitriles is 1. The summed E-state index contributed by atoms with van der Waals surface area (Å²) < 4.78 is 0. The molecule has 0 atom stereocenters. The standard InChI is InChI=1S/C15H16N4/c1-4-12-7-13(6-5-10(12)2)19-15-8-14(9-16)17-11(3)18-15/h5-8H,4H2,1-3H3,(H,17,18,19). The summed E-state index contributed by atoms with van der Waals surface area (Å²) >= 11 is 0. The van der Waals surface area contributed by atoms with Gasteiger partial charge in [0, 0.05) is 11.8 Å². The molecular weight excluding hydrogens is 236 g/mol. The van der Waals surface area contributed by atoms with Crippen molar-refractivity contribution in [3.63, 3.8) is 0 Å². The summed E-state index contributed by atoms with van der Waals surface area (Å²) in [6.07, 6.45) is 0.994. The van der Waals surface area contributed by atoms with Crippen molar-refractivity contribution in [3.05, 3.63) is 46.9 Å². The third-order valence-corrected chi connectivity index (χ3v) is 2.95. The highest BCUT2D eigenvalue weighted by Crippen LogP contribution is 2.19. The van der Waals surface area contributed by atoms with Crippen molar-refractivity contribution in [2.75, 3.05) is 5.32 Å². The number of rotatable bonds is 3. The lowest BCUT2D eigenvalue weighted by Crippen LogP contribution is -2.00. The van der Waals surface area contributed by atoms with E-state index in [9.17, 15) is 0 Å². The Hall–Kier alpha value is -2.41. The van der Waals surface area contributed by atoms with E-state index < -0.39 is 0 Å². The van der Waals surface area contributed by atoms with Gasteiger partial charge in [0.15, 0.2) is 0 Å². The van der Waals surface area contributed by atoms with E-state index >= 15 is 0 Å². The molecule has 1 aromatic carbocycles. The Balaban J connectivity index is 2.31. The van der Waals surface area contributed by atoms with E-state index in [0.717, 1.165) is 12.1 Å². The highest BCUT2D eigenvalue weighted by Gasteiger charge is 2.03. The van der Waals surface area contributed by atoms with Gasteiger partial charge in [-0.25, -0.2) is 9.97 Å². The first-order chi connectivity index (χ1) is 9.12. The third-order valence-electron chi connectivity index (χ3n) is 2.95. The van der Waals surface area contributed by atoms with Gasteiger partial charge in [-0.15, -0.1) is 0 Å². The summed E-state index contributed by atoms with van der Waals surface area (Å²) in [6, 6.07) is 9.89. The van der Waals surface area contributed by atoms with Crippen LogP contribution in [0, 0.1) is 25.2 Å². The van der Waals surface area contributed by atoms with Gasteiger partial charge >= 0.3 is 0 Å². The van der Waals surface area contributed by atoms with Crippen LogP contribution < -0.4 is 5.32 Å². The number of hydrogen-bond acceptors (Lipinski definition) is 4. The van der Waals surface area contributed by atoms with Crippen molar-refractivity contribution in [2.24, 2.45) is 0 Å². The molecule has 2 rings (SSSR count). The fourth-order valence-electron chi connectivity index (χ4n) is 1.97. The lowest BCUT2D eigenvalue weighted by Gasteiger charge is -2.09. The predicted octanol–water partition coefficient (Wildman–Crippen LogP) is 3.27. The van der Waals surface area contributed by atoms with Gasteiger partial charge in [0.05, 0.1) is 0 Å². The topological polar surface area (TPSA) is 61.6 Å². The molecule has 0 aliphatic rings. The first-order valence-corrected chi connectivity index (χ1v) is 6.24. The number of aryl methyl sites for hydroxylation is 3. The fourth-order valence-corrected chi connectivity index (χ4v) is 1.97. The van der Waals surface area contributed by atoms with Crippen LogP contribution in [-0.4, -0.2) is 9.97 Å². The number of nitrogens with zero attached hydrogens (tertiary/aromatic N) is 3. The predicted molar refractivity (Wildman–Crippen MR) is 75.3 cm³/mol. The van der Waals surface area contributed by atoms with Crippen LogP contribution in [-0.2, 0) is 6.42 Å². The maximum atomic E-state index is 8.90. The van der Waals surface area contributed by atoms with Gasteiger partial charge in [-0.3, -0.25) is 0 Å². The molecule has 0 unspecified atom stereocenters. The third kappa shape index (κ3) is 3.08. The largest absolute Gasteiger partial charge is 0.340 e. The second-order valence-electron chi connectivity index (χ2n) is 4.42. The monoisotopic (exact) mass is 252 g/mol. The van der Waals surface area contributed by atoms with Gasteiger partial charge in [0.1, 0.15) is 23.4 Å². The van der Waals surface area contributed by atoms with Crippen LogP contribution in [0.5, 0.6) is 0 Å². The first kappa shape index (κ1) is 13.0. The van der Waals surface area contributed by atoms with Gasteiger partial charge in [-0.1, -0.05) is 13.0 Å². The molecule has 0 bridgehead atoms. The molecule has 0 radical (unpaired) electrons. The molecule has 96 valence electrons. The van der Waals surface area contributed by atoms with E-state index in [1.807, 2.05) is 12.1 Å². The molecular formula is C15H16N4. The van der Waals surface area contributed by atoms with Gasteiger partial charge in [-0.2, -0.15) is 5.26 Å². The zero-order valence-electron chi connectivity index (χ0n) is 11.4.